The van der Waals surface area contributed by atoms with Gasteiger partial charge in [0.2, 0.25) is 0 Å². The van der Waals surface area contributed by atoms with Crippen LogP contribution in [0.25, 0.3) is 22.3 Å². The number of anilines is 1. The SMILES string of the molecule is Cc1cc2[nH]nc(-c3cc(=O)[nH]cn3)c2c(NC2CCOCC2)n1. The molecule has 4 rings (SSSR count). The minimum absolute atomic E-state index is 0.213. The summed E-state index contributed by atoms with van der Waals surface area (Å²) in [5, 5.41) is 11.7. The lowest BCUT2D eigenvalue weighted by Gasteiger charge is -2.24. The Balaban J connectivity index is 1.82. The number of fused-ring (bicyclic) bond motifs is 1. The van der Waals surface area contributed by atoms with Gasteiger partial charge in [0, 0.05) is 31.0 Å². The van der Waals surface area contributed by atoms with Crippen molar-refractivity contribution in [2.75, 3.05) is 18.5 Å². The van der Waals surface area contributed by atoms with Crippen LogP contribution in [0, 0.1) is 6.92 Å². The van der Waals surface area contributed by atoms with Crippen LogP contribution in [0.2, 0.25) is 0 Å². The monoisotopic (exact) mass is 326 g/mol. The Kier molecular flexibility index (Phi) is 3.73. The first-order valence-electron chi connectivity index (χ1n) is 7.96. The zero-order valence-corrected chi connectivity index (χ0v) is 13.3. The lowest BCUT2D eigenvalue weighted by atomic mass is 10.1. The quantitative estimate of drug-likeness (QED) is 0.675. The largest absolute Gasteiger partial charge is 0.381 e. The van der Waals surface area contributed by atoms with Crippen LogP contribution >= 0.6 is 0 Å². The third kappa shape index (κ3) is 2.76. The van der Waals surface area contributed by atoms with Gasteiger partial charge >= 0.3 is 0 Å². The lowest BCUT2D eigenvalue weighted by Crippen LogP contribution is -2.28. The highest BCUT2D eigenvalue weighted by Gasteiger charge is 2.19. The number of hydrogen-bond donors (Lipinski definition) is 3. The van der Waals surface area contributed by atoms with Crippen LogP contribution in [0.5, 0.6) is 0 Å². The van der Waals surface area contributed by atoms with Gasteiger partial charge < -0.3 is 15.0 Å². The Hall–Kier alpha value is -2.74. The van der Waals surface area contributed by atoms with E-state index in [-0.39, 0.29) is 5.56 Å². The Morgan fingerprint density at radius 2 is 2.12 bits per heavy atom. The number of rotatable bonds is 3. The molecule has 3 N–H and O–H groups in total. The maximum absolute atomic E-state index is 11.6. The van der Waals surface area contributed by atoms with Crippen molar-refractivity contribution < 1.29 is 4.74 Å². The topological polar surface area (TPSA) is 109 Å². The number of hydrogen-bond acceptors (Lipinski definition) is 6. The van der Waals surface area contributed by atoms with E-state index >= 15 is 0 Å². The average molecular weight is 326 g/mol. The molecule has 1 aliphatic rings. The van der Waals surface area contributed by atoms with E-state index in [0.717, 1.165) is 48.5 Å². The molecule has 4 heterocycles. The molecule has 1 aliphatic heterocycles. The fourth-order valence-electron chi connectivity index (χ4n) is 3.00. The van der Waals surface area contributed by atoms with Gasteiger partial charge in [0.25, 0.3) is 5.56 Å². The lowest BCUT2D eigenvalue weighted by molar-refractivity contribution is 0.0904. The van der Waals surface area contributed by atoms with Crippen LogP contribution in [0.3, 0.4) is 0 Å². The molecule has 0 atom stereocenters. The van der Waals surface area contributed by atoms with Crippen molar-refractivity contribution >= 4 is 16.7 Å². The fraction of sp³-hybridized carbons (Fsp3) is 0.375. The summed E-state index contributed by atoms with van der Waals surface area (Å²) in [5.74, 6) is 0.766. The minimum atomic E-state index is -0.213. The van der Waals surface area contributed by atoms with Gasteiger partial charge in [-0.25, -0.2) is 9.97 Å². The molecule has 0 spiro atoms. The number of nitrogens with one attached hydrogen (secondary N) is 3. The molecule has 8 nitrogen and oxygen atoms in total. The summed E-state index contributed by atoms with van der Waals surface area (Å²) in [6.45, 7) is 3.45. The van der Waals surface area contributed by atoms with E-state index in [1.807, 2.05) is 13.0 Å². The Morgan fingerprint density at radius 1 is 1.29 bits per heavy atom. The first kappa shape index (κ1) is 14.8. The van der Waals surface area contributed by atoms with Gasteiger partial charge in [-0.15, -0.1) is 0 Å². The van der Waals surface area contributed by atoms with E-state index in [2.05, 4.69) is 30.5 Å². The molecule has 0 aliphatic carbocycles. The van der Waals surface area contributed by atoms with E-state index in [1.165, 1.54) is 12.4 Å². The van der Waals surface area contributed by atoms with Gasteiger partial charge in [0.1, 0.15) is 11.5 Å². The Labute approximate surface area is 137 Å². The van der Waals surface area contributed by atoms with E-state index in [0.29, 0.717) is 17.4 Å². The third-order valence-electron chi connectivity index (χ3n) is 4.16. The number of aromatic nitrogens is 5. The fourth-order valence-corrected chi connectivity index (χ4v) is 3.00. The predicted octanol–water partition coefficient (Wildman–Crippen LogP) is 1.61. The van der Waals surface area contributed by atoms with Gasteiger partial charge in [-0.3, -0.25) is 9.89 Å². The normalized spacial score (nSPS) is 15.7. The van der Waals surface area contributed by atoms with Crippen molar-refractivity contribution in [1.82, 2.24) is 25.1 Å². The number of H-pyrrole nitrogens is 2. The first-order chi connectivity index (χ1) is 11.7. The Bertz CT molecular complexity index is 926. The Morgan fingerprint density at radius 3 is 2.92 bits per heavy atom. The molecule has 3 aromatic rings. The summed E-state index contributed by atoms with van der Waals surface area (Å²) >= 11 is 0. The molecule has 8 heteroatoms. The maximum atomic E-state index is 11.6. The van der Waals surface area contributed by atoms with Crippen molar-refractivity contribution in [2.45, 2.75) is 25.8 Å². The van der Waals surface area contributed by atoms with Crippen LogP contribution < -0.4 is 10.9 Å². The summed E-state index contributed by atoms with van der Waals surface area (Å²) < 4.78 is 5.41. The van der Waals surface area contributed by atoms with Gasteiger partial charge in [-0.2, -0.15) is 5.10 Å². The molecular formula is C16H18N6O2. The highest BCUT2D eigenvalue weighted by molar-refractivity contribution is 6.00. The van der Waals surface area contributed by atoms with Gasteiger partial charge in [-0.1, -0.05) is 0 Å². The van der Waals surface area contributed by atoms with Crippen LogP contribution in [0.15, 0.2) is 23.3 Å². The standard InChI is InChI=1S/C16H18N6O2/c1-9-6-11-14(16(19-9)20-10-2-4-24-5-3-10)15(22-21-11)12-7-13(23)18-8-17-12/h6-8,10H,2-5H2,1H3,(H,19,20)(H,21,22)(H,17,18,23). The van der Waals surface area contributed by atoms with Gasteiger partial charge in [0.15, 0.2) is 0 Å². The van der Waals surface area contributed by atoms with E-state index in [1.54, 1.807) is 0 Å². The van der Waals surface area contributed by atoms with E-state index in [9.17, 15) is 4.79 Å². The second kappa shape index (κ2) is 6.04. The summed E-state index contributed by atoms with van der Waals surface area (Å²) in [5.41, 5.74) is 2.69. The number of aryl methyl sites for hydroxylation is 1. The van der Waals surface area contributed by atoms with Gasteiger partial charge in [-0.05, 0) is 25.8 Å². The van der Waals surface area contributed by atoms with Crippen LogP contribution in [-0.2, 0) is 4.74 Å². The summed E-state index contributed by atoms with van der Waals surface area (Å²) in [4.78, 5) is 23.0. The molecule has 0 amide bonds. The predicted molar refractivity (Wildman–Crippen MR) is 89.9 cm³/mol. The highest BCUT2D eigenvalue weighted by atomic mass is 16.5. The zero-order chi connectivity index (χ0) is 16.5. The molecule has 0 radical (unpaired) electrons. The molecule has 3 aromatic heterocycles. The molecule has 1 saturated heterocycles. The zero-order valence-electron chi connectivity index (χ0n) is 13.3. The highest BCUT2D eigenvalue weighted by Crippen LogP contribution is 2.31. The molecule has 0 bridgehead atoms. The molecule has 1 fully saturated rings. The molecule has 0 saturated carbocycles. The molecule has 124 valence electrons. The average Bonchev–Trinajstić information content (AvgIpc) is 3.00. The molecular weight excluding hydrogens is 308 g/mol. The van der Waals surface area contributed by atoms with Gasteiger partial charge in [0.05, 0.1) is 22.9 Å². The first-order valence-corrected chi connectivity index (χ1v) is 7.96. The van der Waals surface area contributed by atoms with E-state index < -0.39 is 0 Å². The number of nitrogens with zero attached hydrogens (tertiary/aromatic N) is 3. The third-order valence-corrected chi connectivity index (χ3v) is 4.16. The molecule has 0 aromatic carbocycles. The maximum Gasteiger partial charge on any atom is 0.251 e. The van der Waals surface area contributed by atoms with Crippen LogP contribution in [-0.4, -0.2) is 44.4 Å². The molecule has 24 heavy (non-hydrogen) atoms. The minimum Gasteiger partial charge on any atom is -0.381 e. The van der Waals surface area contributed by atoms with Crippen molar-refractivity contribution in [3.63, 3.8) is 0 Å². The van der Waals surface area contributed by atoms with E-state index in [4.69, 9.17) is 4.74 Å². The smallest absolute Gasteiger partial charge is 0.251 e. The number of ether oxygens (including phenoxy) is 1. The van der Waals surface area contributed by atoms with Crippen molar-refractivity contribution in [2.24, 2.45) is 0 Å². The summed E-state index contributed by atoms with van der Waals surface area (Å²) in [7, 11) is 0. The second-order valence-electron chi connectivity index (χ2n) is 5.93. The number of aromatic amines is 2. The summed E-state index contributed by atoms with van der Waals surface area (Å²) in [6.07, 6.45) is 3.26. The number of pyridine rings is 1. The molecule has 0 unspecified atom stereocenters. The van der Waals surface area contributed by atoms with Crippen molar-refractivity contribution in [3.8, 4) is 11.4 Å². The summed E-state index contributed by atoms with van der Waals surface area (Å²) in [6, 6.07) is 3.69. The van der Waals surface area contributed by atoms with Crippen molar-refractivity contribution in [3.05, 3.63) is 34.5 Å². The second-order valence-corrected chi connectivity index (χ2v) is 5.93. The van der Waals surface area contributed by atoms with Crippen molar-refractivity contribution in [1.29, 1.82) is 0 Å². The van der Waals surface area contributed by atoms with Crippen LogP contribution in [0.1, 0.15) is 18.5 Å². The van der Waals surface area contributed by atoms with Crippen LogP contribution in [0.4, 0.5) is 5.82 Å².